The maximum absolute atomic E-state index is 11.9. The van der Waals surface area contributed by atoms with Gasteiger partial charge in [-0.1, -0.05) is 17.7 Å². The lowest BCUT2D eigenvalue weighted by Crippen LogP contribution is -2.11. The first kappa shape index (κ1) is 21.3. The molecule has 0 aliphatic carbocycles. The molecule has 0 saturated carbocycles. The summed E-state index contributed by atoms with van der Waals surface area (Å²) in [5.41, 5.74) is 0.928. The van der Waals surface area contributed by atoms with Crippen LogP contribution in [0.15, 0.2) is 53.4 Å². The minimum Gasteiger partial charge on any atom is -0.497 e. The van der Waals surface area contributed by atoms with Crippen molar-refractivity contribution in [1.29, 1.82) is 0 Å². The zero-order chi connectivity index (χ0) is 19.7. The van der Waals surface area contributed by atoms with E-state index in [1.165, 1.54) is 19.2 Å². The van der Waals surface area contributed by atoms with Gasteiger partial charge in [-0.2, -0.15) is 12.6 Å². The van der Waals surface area contributed by atoms with Gasteiger partial charge < -0.3 is 8.92 Å². The number of hydrogen-bond donors (Lipinski definition) is 0. The quantitative estimate of drug-likeness (QED) is 0.313. The van der Waals surface area contributed by atoms with Crippen molar-refractivity contribution in [2.75, 3.05) is 20.3 Å². The Balaban J connectivity index is 1.63. The Hall–Kier alpha value is -1.98. The van der Waals surface area contributed by atoms with Crippen LogP contribution in [0.2, 0.25) is 0 Å². The molecule has 1 atom stereocenters. The van der Waals surface area contributed by atoms with E-state index in [1.807, 2.05) is 6.92 Å². The number of benzene rings is 2. The van der Waals surface area contributed by atoms with Crippen LogP contribution in [0.4, 0.5) is 0 Å². The molecular formula is C17H20O8S2. The van der Waals surface area contributed by atoms with Gasteiger partial charge >= 0.3 is 21.5 Å². The Morgan fingerprint density at radius 3 is 2.19 bits per heavy atom. The molecule has 0 bridgehead atoms. The van der Waals surface area contributed by atoms with Crippen LogP contribution in [0.1, 0.15) is 12.0 Å². The molecule has 0 radical (unpaired) electrons. The molecule has 0 heterocycles. The van der Waals surface area contributed by atoms with E-state index in [9.17, 15) is 12.6 Å². The third-order valence-corrected chi connectivity index (χ3v) is 5.04. The first-order chi connectivity index (χ1) is 12.9. The summed E-state index contributed by atoms with van der Waals surface area (Å²) in [7, 11) is -2.45. The van der Waals surface area contributed by atoms with Crippen molar-refractivity contribution in [3.8, 4) is 11.5 Å². The van der Waals surface area contributed by atoms with Crippen LogP contribution < -0.4 is 8.92 Å². The Bertz CT molecular complexity index is 832. The SMILES string of the molecule is COc1ccc(OS(=O)OCCCOOS(=O)(=O)c2ccc(C)cc2)cc1. The molecule has 0 saturated heterocycles. The predicted octanol–water partition coefficient (Wildman–Crippen LogP) is 2.70. The lowest BCUT2D eigenvalue weighted by molar-refractivity contribution is -0.202. The second-order valence-electron chi connectivity index (χ2n) is 5.30. The van der Waals surface area contributed by atoms with Gasteiger partial charge in [0.25, 0.3) is 0 Å². The largest absolute Gasteiger partial charge is 0.497 e. The highest BCUT2D eigenvalue weighted by Crippen LogP contribution is 2.18. The van der Waals surface area contributed by atoms with E-state index in [2.05, 4.69) is 9.22 Å². The standard InChI is InChI=1S/C17H20O8S2/c1-14-4-10-17(11-5-14)27(19,20)25-22-12-3-13-23-26(18)24-16-8-6-15(21-2)7-9-16/h4-11H,3,12-13H2,1-2H3. The van der Waals surface area contributed by atoms with Crippen molar-refractivity contribution < 1.29 is 35.0 Å². The molecule has 2 rings (SSSR count). The fraction of sp³-hybridized carbons (Fsp3) is 0.294. The molecule has 8 nitrogen and oxygen atoms in total. The van der Waals surface area contributed by atoms with Crippen molar-refractivity contribution in [2.24, 2.45) is 0 Å². The van der Waals surface area contributed by atoms with E-state index in [4.69, 9.17) is 13.1 Å². The monoisotopic (exact) mass is 416 g/mol. The number of hydrogen-bond acceptors (Lipinski definition) is 8. The molecule has 0 aromatic heterocycles. The highest BCUT2D eigenvalue weighted by atomic mass is 32.2. The number of methoxy groups -OCH3 is 1. The van der Waals surface area contributed by atoms with Crippen molar-refractivity contribution in [3.63, 3.8) is 0 Å². The fourth-order valence-electron chi connectivity index (χ4n) is 1.82. The van der Waals surface area contributed by atoms with Crippen LogP contribution >= 0.6 is 0 Å². The fourth-order valence-corrected chi connectivity index (χ4v) is 3.13. The normalized spacial score (nSPS) is 12.5. The van der Waals surface area contributed by atoms with Crippen molar-refractivity contribution in [3.05, 3.63) is 54.1 Å². The molecular weight excluding hydrogens is 396 g/mol. The lowest BCUT2D eigenvalue weighted by atomic mass is 10.2. The second-order valence-corrected chi connectivity index (χ2v) is 7.62. The van der Waals surface area contributed by atoms with Gasteiger partial charge in [0.2, 0.25) is 0 Å². The minimum atomic E-state index is -3.98. The van der Waals surface area contributed by atoms with E-state index < -0.39 is 21.5 Å². The number of rotatable bonds is 11. The van der Waals surface area contributed by atoms with E-state index in [-0.39, 0.29) is 24.5 Å². The molecule has 0 spiro atoms. The maximum atomic E-state index is 11.9. The molecule has 1 unspecified atom stereocenters. The van der Waals surface area contributed by atoms with Gasteiger partial charge in [0.1, 0.15) is 11.5 Å². The summed E-state index contributed by atoms with van der Waals surface area (Å²) in [4.78, 5) is 4.69. The Morgan fingerprint density at radius 2 is 1.56 bits per heavy atom. The minimum absolute atomic E-state index is 0.00153. The average molecular weight is 416 g/mol. The molecule has 0 N–H and O–H groups in total. The van der Waals surface area contributed by atoms with Crippen LogP contribution in [0.3, 0.4) is 0 Å². The highest BCUT2D eigenvalue weighted by Gasteiger charge is 2.16. The molecule has 10 heteroatoms. The molecule has 148 valence electrons. The van der Waals surface area contributed by atoms with Gasteiger partial charge in [-0.15, -0.1) is 4.33 Å². The predicted molar refractivity (Wildman–Crippen MR) is 97.7 cm³/mol. The second kappa shape index (κ2) is 10.4. The third kappa shape index (κ3) is 7.27. The molecule has 0 fully saturated rings. The highest BCUT2D eigenvalue weighted by molar-refractivity contribution is 7.86. The summed E-state index contributed by atoms with van der Waals surface area (Å²) in [5, 5.41) is 0. The maximum Gasteiger partial charge on any atom is 0.360 e. The van der Waals surface area contributed by atoms with Crippen LogP contribution in [0.5, 0.6) is 11.5 Å². The van der Waals surface area contributed by atoms with Gasteiger partial charge in [-0.05, 0) is 49.7 Å². The van der Waals surface area contributed by atoms with E-state index in [1.54, 1.807) is 36.4 Å². The van der Waals surface area contributed by atoms with Gasteiger partial charge in [0.05, 0.1) is 25.2 Å². The summed E-state index contributed by atoms with van der Waals surface area (Å²) in [6.45, 7) is 1.80. The van der Waals surface area contributed by atoms with Crippen LogP contribution in [0, 0.1) is 6.92 Å². The molecule has 2 aromatic rings. The molecule has 0 aliphatic rings. The summed E-state index contributed by atoms with van der Waals surface area (Å²) >= 11 is -1.99. The van der Waals surface area contributed by atoms with Gasteiger partial charge in [0.15, 0.2) is 0 Å². The zero-order valence-corrected chi connectivity index (χ0v) is 16.5. The van der Waals surface area contributed by atoms with Crippen molar-refractivity contribution >= 4 is 21.5 Å². The molecule has 27 heavy (non-hydrogen) atoms. The lowest BCUT2D eigenvalue weighted by Gasteiger charge is -2.07. The van der Waals surface area contributed by atoms with Gasteiger partial charge in [-0.25, -0.2) is 4.89 Å². The van der Waals surface area contributed by atoms with Crippen LogP contribution in [0.25, 0.3) is 0 Å². The molecule has 0 amide bonds. The van der Waals surface area contributed by atoms with Crippen molar-refractivity contribution in [2.45, 2.75) is 18.2 Å². The van der Waals surface area contributed by atoms with Crippen LogP contribution in [-0.4, -0.2) is 33.0 Å². The van der Waals surface area contributed by atoms with E-state index in [0.29, 0.717) is 11.5 Å². The van der Waals surface area contributed by atoms with Gasteiger partial charge in [-0.3, -0.25) is 4.18 Å². The topological polar surface area (TPSA) is 97.4 Å². The Morgan fingerprint density at radius 1 is 0.926 bits per heavy atom. The first-order valence-electron chi connectivity index (χ1n) is 7.91. The molecule has 2 aromatic carbocycles. The molecule has 0 aliphatic heterocycles. The van der Waals surface area contributed by atoms with Gasteiger partial charge in [0, 0.05) is 0 Å². The van der Waals surface area contributed by atoms with Crippen molar-refractivity contribution in [1.82, 2.24) is 0 Å². The Labute approximate surface area is 160 Å². The third-order valence-electron chi connectivity index (χ3n) is 3.22. The summed E-state index contributed by atoms with van der Waals surface area (Å²) < 4.78 is 54.9. The van der Waals surface area contributed by atoms with E-state index >= 15 is 0 Å². The Kier molecular flexibility index (Phi) is 8.20. The smallest absolute Gasteiger partial charge is 0.360 e. The summed E-state index contributed by atoms with van der Waals surface area (Å²) in [5.74, 6) is 1.00. The first-order valence-corrected chi connectivity index (χ1v) is 10.3. The number of aryl methyl sites for hydroxylation is 1. The van der Waals surface area contributed by atoms with Crippen LogP contribution in [-0.2, 0) is 34.9 Å². The summed E-state index contributed by atoms with van der Waals surface area (Å²) in [6.07, 6.45) is 0.251. The average Bonchev–Trinajstić information content (AvgIpc) is 2.65. The summed E-state index contributed by atoms with van der Waals surface area (Å²) in [6, 6.07) is 12.7. The number of ether oxygens (including phenoxy) is 1. The zero-order valence-electron chi connectivity index (χ0n) is 14.8. The van der Waals surface area contributed by atoms with E-state index in [0.717, 1.165) is 5.56 Å².